The zero-order chi connectivity index (χ0) is 23.2. The van der Waals surface area contributed by atoms with Gasteiger partial charge >= 0.3 is 0 Å². The van der Waals surface area contributed by atoms with E-state index < -0.39 is 0 Å². The number of anilines is 3. The van der Waals surface area contributed by atoms with Crippen molar-refractivity contribution in [1.82, 2.24) is 20.2 Å². The lowest BCUT2D eigenvalue weighted by atomic mass is 9.95. The molecule has 0 radical (unpaired) electrons. The van der Waals surface area contributed by atoms with E-state index in [4.69, 9.17) is 0 Å². The first-order chi connectivity index (χ1) is 16.6. The normalized spacial score (nSPS) is 16.1. The van der Waals surface area contributed by atoms with Gasteiger partial charge in [0.25, 0.3) is 5.91 Å². The number of rotatable bonds is 4. The number of fused-ring (bicyclic) bond motifs is 2. The first-order valence-corrected chi connectivity index (χ1v) is 11.8. The van der Waals surface area contributed by atoms with Crippen molar-refractivity contribution in [2.24, 2.45) is 0 Å². The number of nitrogens with zero attached hydrogens (tertiary/aromatic N) is 3. The quantitative estimate of drug-likeness (QED) is 0.431. The predicted molar refractivity (Wildman–Crippen MR) is 137 cm³/mol. The van der Waals surface area contributed by atoms with Gasteiger partial charge in [-0.15, -0.1) is 0 Å². The maximum Gasteiger partial charge on any atom is 0.254 e. The molecule has 0 saturated carbocycles. The summed E-state index contributed by atoms with van der Waals surface area (Å²) >= 11 is 0. The minimum absolute atomic E-state index is 0.0518. The molecule has 2 aliphatic rings. The summed E-state index contributed by atoms with van der Waals surface area (Å²) in [7, 11) is 2.15. The molecule has 172 valence electrons. The number of benzene rings is 2. The summed E-state index contributed by atoms with van der Waals surface area (Å²) < 4.78 is 0. The smallest absolute Gasteiger partial charge is 0.254 e. The van der Waals surface area contributed by atoms with E-state index in [-0.39, 0.29) is 5.91 Å². The molecule has 2 aromatic heterocycles. The summed E-state index contributed by atoms with van der Waals surface area (Å²) in [4.78, 5) is 25.5. The highest BCUT2D eigenvalue weighted by atomic mass is 16.1. The van der Waals surface area contributed by atoms with Crippen molar-refractivity contribution in [1.29, 1.82) is 0 Å². The van der Waals surface area contributed by atoms with Crippen molar-refractivity contribution in [2.45, 2.75) is 13.5 Å². The van der Waals surface area contributed by atoms with E-state index in [0.29, 0.717) is 12.1 Å². The number of hydrogen-bond acceptors (Lipinski definition) is 5. The number of H-pyrrole nitrogens is 1. The van der Waals surface area contributed by atoms with Gasteiger partial charge in [-0.2, -0.15) is 0 Å². The molecule has 0 unspecified atom stereocenters. The van der Waals surface area contributed by atoms with Crippen LogP contribution >= 0.6 is 0 Å². The van der Waals surface area contributed by atoms with Gasteiger partial charge in [0.2, 0.25) is 0 Å². The topological polar surface area (TPSA) is 76.3 Å². The number of nitrogens with one attached hydrogen (secondary N) is 3. The maximum atomic E-state index is 12.8. The zero-order valence-corrected chi connectivity index (χ0v) is 19.5. The van der Waals surface area contributed by atoms with Gasteiger partial charge in [-0.25, -0.2) is 4.98 Å². The second-order valence-corrected chi connectivity index (χ2v) is 9.27. The molecule has 3 N–H and O–H groups in total. The Hall–Kier alpha value is -3.84. The number of likely N-dealkylation sites (N-methyl/N-ethyl adjacent to an activating group) is 1. The molecule has 0 spiro atoms. The monoisotopic (exact) mass is 452 g/mol. The molecular formula is C27H28N6O. The van der Waals surface area contributed by atoms with Crippen molar-refractivity contribution in [3.05, 3.63) is 71.5 Å². The summed E-state index contributed by atoms with van der Waals surface area (Å²) in [6.45, 7) is 6.74. The van der Waals surface area contributed by atoms with Gasteiger partial charge in [-0.05, 0) is 54.9 Å². The number of pyridine rings is 1. The molecule has 0 aliphatic carbocycles. The number of aryl methyl sites for hydroxylation is 1. The van der Waals surface area contributed by atoms with Crippen LogP contribution in [0, 0.1) is 6.92 Å². The lowest BCUT2D eigenvalue weighted by molar-refractivity contribution is 0.0966. The summed E-state index contributed by atoms with van der Waals surface area (Å²) in [6.07, 6.45) is 3.95. The summed E-state index contributed by atoms with van der Waals surface area (Å²) in [5, 5.41) is 7.55. The molecule has 1 saturated heterocycles. The number of aromatic amines is 1. The van der Waals surface area contributed by atoms with Gasteiger partial charge < -0.3 is 25.4 Å². The van der Waals surface area contributed by atoms with E-state index in [2.05, 4.69) is 74.7 Å². The average molecular weight is 453 g/mol. The third kappa shape index (κ3) is 3.58. The fraction of sp³-hybridized carbons (Fsp3) is 0.259. The Labute approximate surface area is 198 Å². The van der Waals surface area contributed by atoms with Gasteiger partial charge in [0.1, 0.15) is 5.82 Å². The van der Waals surface area contributed by atoms with E-state index in [1.807, 2.05) is 24.5 Å². The van der Waals surface area contributed by atoms with E-state index in [1.54, 1.807) is 0 Å². The second kappa shape index (κ2) is 8.18. The van der Waals surface area contributed by atoms with Crippen molar-refractivity contribution in [3.63, 3.8) is 0 Å². The third-order valence-corrected chi connectivity index (χ3v) is 6.97. The molecule has 6 rings (SSSR count). The molecular weight excluding hydrogens is 424 g/mol. The summed E-state index contributed by atoms with van der Waals surface area (Å²) in [6, 6.07) is 14.6. The number of piperazine rings is 1. The van der Waals surface area contributed by atoms with Crippen molar-refractivity contribution < 1.29 is 4.79 Å². The van der Waals surface area contributed by atoms with Crippen molar-refractivity contribution in [3.8, 4) is 11.1 Å². The zero-order valence-electron chi connectivity index (χ0n) is 19.5. The van der Waals surface area contributed by atoms with Crippen LogP contribution in [0.15, 0.2) is 54.9 Å². The van der Waals surface area contributed by atoms with Gasteiger partial charge in [0.15, 0.2) is 0 Å². The Bertz CT molecular complexity index is 1380. The van der Waals surface area contributed by atoms with E-state index in [1.165, 1.54) is 5.56 Å². The molecule has 1 fully saturated rings. The molecule has 4 aromatic rings. The molecule has 2 aliphatic heterocycles. The molecule has 4 heterocycles. The highest BCUT2D eigenvalue weighted by Gasteiger charge is 2.27. The van der Waals surface area contributed by atoms with E-state index >= 15 is 0 Å². The van der Waals surface area contributed by atoms with Crippen LogP contribution in [0.5, 0.6) is 0 Å². The first-order valence-electron chi connectivity index (χ1n) is 11.8. The van der Waals surface area contributed by atoms with Crippen molar-refractivity contribution >= 4 is 34.0 Å². The van der Waals surface area contributed by atoms with Crippen LogP contribution in [0.1, 0.15) is 21.5 Å². The summed E-state index contributed by atoms with van der Waals surface area (Å²) in [5.74, 6) is 0.680. The highest BCUT2D eigenvalue weighted by Crippen LogP contribution is 2.38. The van der Waals surface area contributed by atoms with Crippen LogP contribution in [0.2, 0.25) is 0 Å². The Kier molecular flexibility index (Phi) is 4.99. The largest absolute Gasteiger partial charge is 0.368 e. The van der Waals surface area contributed by atoms with Crippen LogP contribution < -0.4 is 15.5 Å². The van der Waals surface area contributed by atoms with E-state index in [9.17, 15) is 4.79 Å². The fourth-order valence-corrected chi connectivity index (χ4v) is 5.02. The number of carbonyl (C=O) groups excluding carboxylic acids is 1. The molecule has 0 bridgehead atoms. The number of carbonyl (C=O) groups is 1. The van der Waals surface area contributed by atoms with Gasteiger partial charge in [-0.1, -0.05) is 18.2 Å². The number of amides is 1. The molecule has 2 aromatic carbocycles. The lowest BCUT2D eigenvalue weighted by Crippen LogP contribution is -2.44. The fourth-order valence-electron chi connectivity index (χ4n) is 5.02. The minimum Gasteiger partial charge on any atom is -0.368 e. The average Bonchev–Trinajstić information content (AvgIpc) is 3.44. The third-order valence-electron chi connectivity index (χ3n) is 6.97. The van der Waals surface area contributed by atoms with Crippen LogP contribution in [0.4, 0.5) is 17.2 Å². The maximum absolute atomic E-state index is 12.8. The highest BCUT2D eigenvalue weighted by molar-refractivity contribution is 6.07. The first kappa shape index (κ1) is 20.7. The van der Waals surface area contributed by atoms with Gasteiger partial charge in [0, 0.05) is 55.4 Å². The lowest BCUT2D eigenvalue weighted by Gasteiger charge is -2.33. The Morgan fingerprint density at radius 3 is 2.65 bits per heavy atom. The Morgan fingerprint density at radius 2 is 1.85 bits per heavy atom. The van der Waals surface area contributed by atoms with Gasteiger partial charge in [-0.3, -0.25) is 4.79 Å². The standard InChI is InChI=1S/C27H28N6O/c1-17-3-5-20-21(15-28-24(20)13-17)19-6-7-23(26-22(19)16-30-27(26)34)31-25-8-4-18(14-29-25)33-11-9-32(2)10-12-33/h3-8,13-15,28H,9-12,16H2,1-2H3,(H,29,31)(H,30,34). The minimum atomic E-state index is -0.0518. The molecule has 34 heavy (non-hydrogen) atoms. The van der Waals surface area contributed by atoms with Crippen LogP contribution in [-0.2, 0) is 6.54 Å². The van der Waals surface area contributed by atoms with Crippen LogP contribution in [0.25, 0.3) is 22.0 Å². The Morgan fingerprint density at radius 1 is 1.00 bits per heavy atom. The molecule has 7 nitrogen and oxygen atoms in total. The SMILES string of the molecule is Cc1ccc2c(-c3ccc(Nc4ccc(N5CCN(C)CC5)cn4)c4c3CNC4=O)c[nH]c2c1. The Balaban J connectivity index is 1.31. The molecule has 1 amide bonds. The second-order valence-electron chi connectivity index (χ2n) is 9.27. The van der Waals surface area contributed by atoms with E-state index in [0.717, 1.165) is 71.0 Å². The predicted octanol–water partition coefficient (Wildman–Crippen LogP) is 4.28. The molecule has 0 atom stereocenters. The number of hydrogen-bond donors (Lipinski definition) is 3. The van der Waals surface area contributed by atoms with Crippen LogP contribution in [-0.4, -0.2) is 54.0 Å². The number of aromatic nitrogens is 2. The molecule has 7 heteroatoms. The van der Waals surface area contributed by atoms with Gasteiger partial charge in [0.05, 0.1) is 23.1 Å². The summed E-state index contributed by atoms with van der Waals surface area (Å²) in [5.41, 5.74) is 8.14. The van der Waals surface area contributed by atoms with Crippen molar-refractivity contribution in [2.75, 3.05) is 43.4 Å². The van der Waals surface area contributed by atoms with Crippen LogP contribution in [0.3, 0.4) is 0 Å².